The lowest BCUT2D eigenvalue weighted by Crippen LogP contribution is -2.18. The average Bonchev–Trinajstić information content (AvgIpc) is 2.45. The van der Waals surface area contributed by atoms with E-state index in [9.17, 15) is 0 Å². The van der Waals surface area contributed by atoms with Crippen molar-refractivity contribution in [2.24, 2.45) is 0 Å². The summed E-state index contributed by atoms with van der Waals surface area (Å²) in [6, 6.07) is 13.6. The summed E-state index contributed by atoms with van der Waals surface area (Å²) in [5.74, 6) is 0. The zero-order chi connectivity index (χ0) is 14.5. The number of hydrogen-bond donors (Lipinski definition) is 2. The van der Waals surface area contributed by atoms with Crippen molar-refractivity contribution in [1.29, 1.82) is 0 Å². The monoisotopic (exact) mass is 309 g/mol. The first-order valence-electron chi connectivity index (χ1n) is 6.47. The number of rotatable bonds is 5. The van der Waals surface area contributed by atoms with Crippen LogP contribution >= 0.6 is 23.2 Å². The molecule has 4 heteroatoms. The van der Waals surface area contributed by atoms with Gasteiger partial charge in [-0.25, -0.2) is 0 Å². The summed E-state index contributed by atoms with van der Waals surface area (Å²) >= 11 is 12.1. The smallest absolute Gasteiger partial charge is 0.0681 e. The molecule has 0 aromatic heterocycles. The number of hydrogen-bond acceptors (Lipinski definition) is 2. The molecule has 106 valence electrons. The number of aliphatic hydroxyl groups excluding tert-OH is 1. The third kappa shape index (κ3) is 3.97. The van der Waals surface area contributed by atoms with E-state index in [1.165, 1.54) is 5.56 Å². The summed E-state index contributed by atoms with van der Waals surface area (Å²) in [5.41, 5.74) is 3.12. The minimum Gasteiger partial charge on any atom is -0.392 e. The Morgan fingerprint density at radius 3 is 2.30 bits per heavy atom. The average molecular weight is 310 g/mol. The summed E-state index contributed by atoms with van der Waals surface area (Å²) in [6.45, 7) is 2.88. The lowest BCUT2D eigenvalue weighted by atomic mass is 10.1. The van der Waals surface area contributed by atoms with Crippen LogP contribution in [0.2, 0.25) is 10.0 Å². The highest BCUT2D eigenvalue weighted by Crippen LogP contribution is 2.26. The number of halogens is 2. The molecule has 1 unspecified atom stereocenters. The molecular formula is C16H17Cl2NO. The van der Waals surface area contributed by atoms with Gasteiger partial charge in [0.1, 0.15) is 0 Å². The molecule has 0 aliphatic heterocycles. The van der Waals surface area contributed by atoms with Crippen LogP contribution in [0.4, 0.5) is 0 Å². The molecular weight excluding hydrogens is 293 g/mol. The van der Waals surface area contributed by atoms with Crippen LogP contribution in [0.1, 0.15) is 29.7 Å². The van der Waals surface area contributed by atoms with E-state index in [0.717, 1.165) is 17.7 Å². The second-order valence-corrected chi connectivity index (χ2v) is 5.59. The maximum Gasteiger partial charge on any atom is 0.0681 e. The van der Waals surface area contributed by atoms with Gasteiger partial charge in [0.05, 0.1) is 6.61 Å². The fraction of sp³-hybridized carbons (Fsp3) is 0.250. The van der Waals surface area contributed by atoms with Gasteiger partial charge in [0.25, 0.3) is 0 Å². The molecule has 0 heterocycles. The molecule has 0 bridgehead atoms. The number of aliphatic hydroxyl groups is 1. The van der Waals surface area contributed by atoms with Crippen molar-refractivity contribution in [2.45, 2.75) is 26.1 Å². The van der Waals surface area contributed by atoms with Crippen molar-refractivity contribution in [3.8, 4) is 0 Å². The van der Waals surface area contributed by atoms with Gasteiger partial charge in [0, 0.05) is 22.6 Å². The van der Waals surface area contributed by atoms with E-state index in [1.807, 2.05) is 36.4 Å². The van der Waals surface area contributed by atoms with Crippen LogP contribution in [-0.2, 0) is 13.2 Å². The standard InChI is InChI=1S/C16H17Cl2NO/c1-11(15-7-6-14(17)8-16(15)18)19-9-12-2-4-13(10-20)5-3-12/h2-8,11,19-20H,9-10H2,1H3. The van der Waals surface area contributed by atoms with Crippen molar-refractivity contribution >= 4 is 23.2 Å². The summed E-state index contributed by atoms with van der Waals surface area (Å²) < 4.78 is 0. The summed E-state index contributed by atoms with van der Waals surface area (Å²) in [6.07, 6.45) is 0. The second-order valence-electron chi connectivity index (χ2n) is 4.74. The van der Waals surface area contributed by atoms with Crippen molar-refractivity contribution < 1.29 is 5.11 Å². The fourth-order valence-electron chi connectivity index (χ4n) is 2.00. The molecule has 1 atom stereocenters. The first-order valence-corrected chi connectivity index (χ1v) is 7.22. The van der Waals surface area contributed by atoms with Crippen LogP contribution in [0.15, 0.2) is 42.5 Å². The maximum absolute atomic E-state index is 9.01. The van der Waals surface area contributed by atoms with Crippen LogP contribution in [0.25, 0.3) is 0 Å². The van der Waals surface area contributed by atoms with Crippen molar-refractivity contribution in [3.63, 3.8) is 0 Å². The molecule has 0 spiro atoms. The minimum absolute atomic E-state index is 0.0739. The number of benzene rings is 2. The van der Waals surface area contributed by atoms with Crippen LogP contribution in [0, 0.1) is 0 Å². The Labute approximate surface area is 129 Å². The molecule has 2 nitrogen and oxygen atoms in total. The summed E-state index contributed by atoms with van der Waals surface area (Å²) in [5, 5.41) is 13.7. The van der Waals surface area contributed by atoms with Crippen molar-refractivity contribution in [3.05, 3.63) is 69.2 Å². The van der Waals surface area contributed by atoms with E-state index in [-0.39, 0.29) is 12.6 Å². The lowest BCUT2D eigenvalue weighted by Gasteiger charge is -2.16. The molecule has 0 aliphatic rings. The SMILES string of the molecule is CC(NCc1ccc(CO)cc1)c1ccc(Cl)cc1Cl. The molecule has 2 aromatic carbocycles. The Kier molecular flexibility index (Phi) is 5.44. The topological polar surface area (TPSA) is 32.3 Å². The van der Waals surface area contributed by atoms with Gasteiger partial charge in [0.15, 0.2) is 0 Å². The Morgan fingerprint density at radius 1 is 1.05 bits per heavy atom. The molecule has 0 saturated heterocycles. The normalized spacial score (nSPS) is 12.4. The van der Waals surface area contributed by atoms with Crippen LogP contribution < -0.4 is 5.32 Å². The highest BCUT2D eigenvalue weighted by molar-refractivity contribution is 6.35. The van der Waals surface area contributed by atoms with Gasteiger partial charge in [-0.15, -0.1) is 0 Å². The summed E-state index contributed by atoms with van der Waals surface area (Å²) in [4.78, 5) is 0. The fourth-order valence-corrected chi connectivity index (χ4v) is 2.57. The predicted octanol–water partition coefficient (Wildman–Crippen LogP) is 4.34. The molecule has 0 amide bonds. The van der Waals surface area contributed by atoms with Gasteiger partial charge in [-0.1, -0.05) is 53.5 Å². The Hall–Kier alpha value is -1.06. The van der Waals surface area contributed by atoms with Crippen LogP contribution in [-0.4, -0.2) is 5.11 Å². The first-order chi connectivity index (χ1) is 9.60. The Bertz CT molecular complexity index is 569. The molecule has 0 saturated carbocycles. The molecule has 2 rings (SSSR count). The largest absolute Gasteiger partial charge is 0.392 e. The highest BCUT2D eigenvalue weighted by atomic mass is 35.5. The minimum atomic E-state index is 0.0739. The van der Waals surface area contributed by atoms with E-state index < -0.39 is 0 Å². The molecule has 20 heavy (non-hydrogen) atoms. The molecule has 0 aliphatic carbocycles. The van der Waals surface area contributed by atoms with Gasteiger partial charge < -0.3 is 10.4 Å². The highest BCUT2D eigenvalue weighted by Gasteiger charge is 2.09. The Balaban J connectivity index is 1.98. The zero-order valence-corrected chi connectivity index (χ0v) is 12.7. The zero-order valence-electron chi connectivity index (χ0n) is 11.2. The van der Waals surface area contributed by atoms with E-state index in [0.29, 0.717) is 10.0 Å². The third-order valence-electron chi connectivity index (χ3n) is 3.25. The van der Waals surface area contributed by atoms with Gasteiger partial charge in [-0.2, -0.15) is 0 Å². The van der Waals surface area contributed by atoms with Gasteiger partial charge in [0.2, 0.25) is 0 Å². The van der Waals surface area contributed by atoms with E-state index in [4.69, 9.17) is 28.3 Å². The van der Waals surface area contributed by atoms with E-state index >= 15 is 0 Å². The lowest BCUT2D eigenvalue weighted by molar-refractivity contribution is 0.282. The first kappa shape index (κ1) is 15.3. The predicted molar refractivity (Wildman–Crippen MR) is 84.1 cm³/mol. The van der Waals surface area contributed by atoms with E-state index in [1.54, 1.807) is 6.07 Å². The number of nitrogens with one attached hydrogen (secondary N) is 1. The second kappa shape index (κ2) is 7.09. The molecule has 0 fully saturated rings. The van der Waals surface area contributed by atoms with Gasteiger partial charge >= 0.3 is 0 Å². The molecule has 0 radical (unpaired) electrons. The summed E-state index contributed by atoms with van der Waals surface area (Å²) in [7, 11) is 0. The molecule has 2 N–H and O–H groups in total. The quantitative estimate of drug-likeness (QED) is 0.861. The molecule has 2 aromatic rings. The van der Waals surface area contributed by atoms with Crippen molar-refractivity contribution in [2.75, 3.05) is 0 Å². The van der Waals surface area contributed by atoms with Crippen molar-refractivity contribution in [1.82, 2.24) is 5.32 Å². The van der Waals surface area contributed by atoms with Crippen LogP contribution in [0.5, 0.6) is 0 Å². The maximum atomic E-state index is 9.01. The third-order valence-corrected chi connectivity index (χ3v) is 3.81. The van der Waals surface area contributed by atoms with Gasteiger partial charge in [-0.3, -0.25) is 0 Å². The Morgan fingerprint density at radius 2 is 1.70 bits per heavy atom. The van der Waals surface area contributed by atoms with Gasteiger partial charge in [-0.05, 0) is 35.7 Å². The van der Waals surface area contributed by atoms with Crippen LogP contribution in [0.3, 0.4) is 0 Å². The van der Waals surface area contributed by atoms with E-state index in [2.05, 4.69) is 12.2 Å².